The number of thiazole rings is 1. The number of aliphatic hydroxyl groups is 1. The van der Waals surface area contributed by atoms with E-state index >= 15 is 0 Å². The lowest BCUT2D eigenvalue weighted by Crippen LogP contribution is -2.20. The summed E-state index contributed by atoms with van der Waals surface area (Å²) in [6.07, 6.45) is -2.23. The van der Waals surface area contributed by atoms with Crippen LogP contribution < -0.4 is 10.1 Å². The van der Waals surface area contributed by atoms with Crippen molar-refractivity contribution in [1.29, 1.82) is 0 Å². The molecule has 182 valence electrons. The molecule has 1 aliphatic rings. The van der Waals surface area contributed by atoms with Crippen LogP contribution in [-0.4, -0.2) is 31.1 Å². The first-order chi connectivity index (χ1) is 17.3. The van der Waals surface area contributed by atoms with Gasteiger partial charge in [-0.15, -0.1) is 0 Å². The van der Waals surface area contributed by atoms with Crippen LogP contribution in [0, 0.1) is 0 Å². The van der Waals surface area contributed by atoms with E-state index in [-0.39, 0.29) is 17.6 Å². The number of alkyl halides is 3. The molecule has 1 aliphatic carbocycles. The predicted molar refractivity (Wildman–Crippen MR) is 129 cm³/mol. The normalized spacial score (nSPS) is 17.3. The molecule has 7 nitrogen and oxygen atoms in total. The van der Waals surface area contributed by atoms with E-state index in [4.69, 9.17) is 4.74 Å². The molecule has 11 heteroatoms. The van der Waals surface area contributed by atoms with E-state index in [0.717, 1.165) is 27.5 Å². The second kappa shape index (κ2) is 8.61. The van der Waals surface area contributed by atoms with Crippen LogP contribution in [-0.2, 0) is 12.6 Å². The van der Waals surface area contributed by atoms with Crippen LogP contribution >= 0.6 is 11.3 Å². The topological polar surface area (TPSA) is 95.9 Å². The van der Waals surface area contributed by atoms with E-state index in [1.807, 2.05) is 36.4 Å². The van der Waals surface area contributed by atoms with Crippen molar-refractivity contribution in [2.75, 3.05) is 5.32 Å². The summed E-state index contributed by atoms with van der Waals surface area (Å²) in [6, 6.07) is 16.3. The Morgan fingerprint density at radius 1 is 1.06 bits per heavy atom. The van der Waals surface area contributed by atoms with Crippen LogP contribution in [0.15, 0.2) is 67.0 Å². The lowest BCUT2D eigenvalue weighted by Gasteiger charge is -2.16. The molecule has 2 atom stereocenters. The Balaban J connectivity index is 1.21. The van der Waals surface area contributed by atoms with Crippen LogP contribution in [0.25, 0.3) is 21.7 Å². The fourth-order valence-electron chi connectivity index (χ4n) is 4.25. The number of halogens is 3. The number of rotatable bonds is 5. The number of ether oxygens (including phenoxy) is 1. The summed E-state index contributed by atoms with van der Waals surface area (Å²) >= 11 is 1.44. The quantitative estimate of drug-likeness (QED) is 0.271. The SMILES string of the molecule is O[C@H]1Cc2ccccc2[C@H]1Nc1nc2ccc(Oc3ccnc(-c4nc(C(F)(F)F)c[nH]4)c3)cc2s1. The number of aliphatic hydroxyl groups excluding tert-OH is 1. The van der Waals surface area contributed by atoms with Crippen LogP contribution in [0.4, 0.5) is 18.3 Å². The highest BCUT2D eigenvalue weighted by atomic mass is 32.1. The Labute approximate surface area is 206 Å². The Morgan fingerprint density at radius 3 is 2.72 bits per heavy atom. The highest BCUT2D eigenvalue weighted by molar-refractivity contribution is 7.22. The van der Waals surface area contributed by atoms with Gasteiger partial charge >= 0.3 is 6.18 Å². The Kier molecular flexibility index (Phi) is 5.38. The number of fused-ring (bicyclic) bond motifs is 2. The molecule has 0 unspecified atom stereocenters. The van der Waals surface area contributed by atoms with Gasteiger partial charge in [0.2, 0.25) is 0 Å². The molecule has 3 aromatic heterocycles. The maximum absolute atomic E-state index is 12.9. The largest absolute Gasteiger partial charge is 0.457 e. The minimum absolute atomic E-state index is 0.00271. The van der Waals surface area contributed by atoms with Crippen molar-refractivity contribution < 1.29 is 23.0 Å². The lowest BCUT2D eigenvalue weighted by atomic mass is 10.1. The molecule has 0 bridgehead atoms. The molecule has 6 rings (SSSR count). The van der Waals surface area contributed by atoms with Crippen LogP contribution in [0.3, 0.4) is 0 Å². The molecule has 0 fully saturated rings. The van der Waals surface area contributed by atoms with Gasteiger partial charge in [-0.25, -0.2) is 9.97 Å². The van der Waals surface area contributed by atoms with Gasteiger partial charge in [0, 0.05) is 30.9 Å². The number of hydrogen-bond donors (Lipinski definition) is 3. The van der Waals surface area contributed by atoms with Crippen LogP contribution in [0.2, 0.25) is 0 Å². The molecule has 0 amide bonds. The molecule has 2 aromatic carbocycles. The molecule has 0 saturated heterocycles. The average molecular weight is 510 g/mol. The fourth-order valence-corrected chi connectivity index (χ4v) is 5.18. The second-order valence-electron chi connectivity index (χ2n) is 8.35. The molecule has 5 aromatic rings. The highest BCUT2D eigenvalue weighted by Gasteiger charge is 2.34. The molecule has 3 N–H and O–H groups in total. The molecule has 0 radical (unpaired) electrons. The summed E-state index contributed by atoms with van der Waals surface area (Å²) in [5.74, 6) is 0.937. The summed E-state index contributed by atoms with van der Waals surface area (Å²) in [7, 11) is 0. The summed E-state index contributed by atoms with van der Waals surface area (Å²) in [5, 5.41) is 14.6. The highest BCUT2D eigenvalue weighted by Crippen LogP contribution is 2.37. The minimum Gasteiger partial charge on any atom is -0.457 e. The van der Waals surface area contributed by atoms with Crippen LogP contribution in [0.1, 0.15) is 22.9 Å². The van der Waals surface area contributed by atoms with Gasteiger partial charge in [-0.05, 0) is 29.3 Å². The molecular formula is C25H18F3N5O2S. The van der Waals surface area contributed by atoms with Crippen molar-refractivity contribution in [2.24, 2.45) is 0 Å². The van der Waals surface area contributed by atoms with Gasteiger partial charge < -0.3 is 20.1 Å². The van der Waals surface area contributed by atoms with Gasteiger partial charge in [0.15, 0.2) is 16.6 Å². The lowest BCUT2D eigenvalue weighted by molar-refractivity contribution is -0.140. The Bertz CT molecular complexity index is 1560. The summed E-state index contributed by atoms with van der Waals surface area (Å²) in [5.41, 5.74) is 2.19. The van der Waals surface area contributed by atoms with Crippen LogP contribution in [0.5, 0.6) is 11.5 Å². The fraction of sp³-hybridized carbons (Fsp3) is 0.160. The first-order valence-electron chi connectivity index (χ1n) is 11.0. The van der Waals surface area contributed by atoms with E-state index < -0.39 is 18.0 Å². The third-order valence-electron chi connectivity index (χ3n) is 5.92. The monoisotopic (exact) mass is 509 g/mol. The number of pyridine rings is 1. The first-order valence-corrected chi connectivity index (χ1v) is 11.8. The van der Waals surface area contributed by atoms with E-state index in [1.54, 1.807) is 12.1 Å². The second-order valence-corrected chi connectivity index (χ2v) is 9.38. The van der Waals surface area contributed by atoms with Crippen molar-refractivity contribution in [3.05, 3.63) is 83.8 Å². The van der Waals surface area contributed by atoms with E-state index in [9.17, 15) is 18.3 Å². The zero-order chi connectivity index (χ0) is 24.9. The first kappa shape index (κ1) is 22.5. The number of aromatic nitrogens is 4. The van der Waals surface area contributed by atoms with E-state index in [1.165, 1.54) is 23.6 Å². The van der Waals surface area contributed by atoms with Gasteiger partial charge in [0.1, 0.15) is 17.2 Å². The maximum atomic E-state index is 12.9. The van der Waals surface area contributed by atoms with Gasteiger partial charge in [-0.2, -0.15) is 13.2 Å². The average Bonchev–Trinajstić information content (AvgIpc) is 3.57. The zero-order valence-corrected chi connectivity index (χ0v) is 19.3. The zero-order valence-electron chi connectivity index (χ0n) is 18.5. The summed E-state index contributed by atoms with van der Waals surface area (Å²) in [6.45, 7) is 0. The maximum Gasteiger partial charge on any atom is 0.434 e. The van der Waals surface area contributed by atoms with E-state index in [2.05, 4.69) is 25.3 Å². The molecule has 0 aliphatic heterocycles. The third kappa shape index (κ3) is 4.27. The van der Waals surface area contributed by atoms with Gasteiger partial charge in [-0.1, -0.05) is 35.6 Å². The number of nitrogens with one attached hydrogen (secondary N) is 2. The van der Waals surface area contributed by atoms with Gasteiger partial charge in [0.25, 0.3) is 0 Å². The number of aromatic amines is 1. The van der Waals surface area contributed by atoms with Crippen molar-refractivity contribution in [1.82, 2.24) is 19.9 Å². The van der Waals surface area contributed by atoms with Gasteiger partial charge in [0.05, 0.1) is 22.4 Å². The Hall–Kier alpha value is -3.96. The summed E-state index contributed by atoms with van der Waals surface area (Å²) in [4.78, 5) is 14.8. The number of nitrogens with zero attached hydrogens (tertiary/aromatic N) is 3. The molecule has 36 heavy (non-hydrogen) atoms. The van der Waals surface area contributed by atoms with Crippen molar-refractivity contribution in [2.45, 2.75) is 24.7 Å². The molecule has 3 heterocycles. The molecule has 0 spiro atoms. The number of benzene rings is 2. The molecular weight excluding hydrogens is 491 g/mol. The van der Waals surface area contributed by atoms with Gasteiger partial charge in [-0.3, -0.25) is 4.98 Å². The summed E-state index contributed by atoms with van der Waals surface area (Å²) < 4.78 is 45.4. The Morgan fingerprint density at radius 2 is 1.89 bits per heavy atom. The third-order valence-corrected chi connectivity index (χ3v) is 6.87. The minimum atomic E-state index is -4.54. The number of anilines is 1. The van der Waals surface area contributed by atoms with Crippen molar-refractivity contribution in [3.63, 3.8) is 0 Å². The number of hydrogen-bond acceptors (Lipinski definition) is 7. The molecule has 0 saturated carbocycles. The van der Waals surface area contributed by atoms with Crippen molar-refractivity contribution >= 4 is 26.7 Å². The predicted octanol–water partition coefficient (Wildman–Crippen LogP) is 5.96. The van der Waals surface area contributed by atoms with Crippen molar-refractivity contribution in [3.8, 4) is 23.0 Å². The number of H-pyrrole nitrogens is 1. The smallest absolute Gasteiger partial charge is 0.434 e. The number of imidazole rings is 1. The standard InChI is InChI=1S/C25H18F3N5O2S/c26-25(27,28)21-12-30-23(32-21)18-10-15(7-8-29-18)35-14-5-6-17-20(11-14)36-24(31-17)33-22-16-4-2-1-3-13(16)9-19(22)34/h1-8,10-12,19,22,34H,9H2,(H,30,32)(H,31,33)/t19-,22+/m0/s1. The van der Waals surface area contributed by atoms with E-state index in [0.29, 0.717) is 23.1 Å².